The SMILES string of the molecule is CCC(C)Cc1c(C)sc2nc(SCc3noc(C)n3)[nH]c(=O)c12. The number of hydrogen-bond acceptors (Lipinski definition) is 7. The van der Waals surface area contributed by atoms with Crippen molar-refractivity contribution in [3.05, 3.63) is 32.5 Å². The van der Waals surface area contributed by atoms with E-state index in [2.05, 4.69) is 40.9 Å². The molecule has 1 N–H and O–H groups in total. The predicted molar refractivity (Wildman–Crippen MR) is 96.7 cm³/mol. The van der Waals surface area contributed by atoms with Gasteiger partial charge < -0.3 is 9.51 Å². The second-order valence-corrected chi connectivity index (χ2v) is 8.09. The number of rotatable bonds is 6. The highest BCUT2D eigenvalue weighted by molar-refractivity contribution is 7.98. The molecule has 0 saturated heterocycles. The molecule has 128 valence electrons. The van der Waals surface area contributed by atoms with Crippen LogP contribution in [0.1, 0.15) is 42.4 Å². The van der Waals surface area contributed by atoms with Crippen LogP contribution in [0.25, 0.3) is 10.2 Å². The predicted octanol–water partition coefficient (Wildman–Crippen LogP) is 3.87. The first kappa shape index (κ1) is 17.2. The Morgan fingerprint density at radius 2 is 2.12 bits per heavy atom. The minimum absolute atomic E-state index is 0.0607. The Labute approximate surface area is 148 Å². The summed E-state index contributed by atoms with van der Waals surface area (Å²) in [7, 11) is 0. The van der Waals surface area contributed by atoms with Crippen LogP contribution in [0.4, 0.5) is 0 Å². The van der Waals surface area contributed by atoms with Crippen LogP contribution in [0.2, 0.25) is 0 Å². The molecule has 0 bridgehead atoms. The first-order valence-electron chi connectivity index (χ1n) is 7.92. The number of fused-ring (bicyclic) bond motifs is 1. The van der Waals surface area contributed by atoms with Gasteiger partial charge in [-0.25, -0.2) is 4.98 Å². The smallest absolute Gasteiger partial charge is 0.260 e. The molecule has 3 heterocycles. The van der Waals surface area contributed by atoms with Crippen LogP contribution >= 0.6 is 23.1 Å². The molecule has 0 saturated carbocycles. The lowest BCUT2D eigenvalue weighted by Gasteiger charge is -2.08. The Hall–Kier alpha value is -1.67. The molecule has 24 heavy (non-hydrogen) atoms. The molecule has 0 aromatic carbocycles. The molecule has 8 heteroatoms. The van der Waals surface area contributed by atoms with E-state index < -0.39 is 0 Å². The van der Waals surface area contributed by atoms with Crippen LogP contribution in [0.15, 0.2) is 14.5 Å². The molecule has 3 aromatic heterocycles. The zero-order valence-corrected chi connectivity index (χ0v) is 15.8. The molecule has 0 fully saturated rings. The Bertz CT molecular complexity index is 913. The lowest BCUT2D eigenvalue weighted by molar-refractivity contribution is 0.389. The molecule has 6 nitrogen and oxygen atoms in total. The second kappa shape index (κ2) is 7.06. The lowest BCUT2D eigenvalue weighted by atomic mass is 9.98. The van der Waals surface area contributed by atoms with Gasteiger partial charge in [0.1, 0.15) is 4.83 Å². The van der Waals surface area contributed by atoms with Crippen molar-refractivity contribution in [2.75, 3.05) is 0 Å². The summed E-state index contributed by atoms with van der Waals surface area (Å²) in [6, 6.07) is 0. The number of H-pyrrole nitrogens is 1. The van der Waals surface area contributed by atoms with E-state index >= 15 is 0 Å². The first-order valence-corrected chi connectivity index (χ1v) is 9.72. The molecule has 3 rings (SSSR count). The Morgan fingerprint density at radius 1 is 1.33 bits per heavy atom. The van der Waals surface area contributed by atoms with Crippen molar-refractivity contribution < 1.29 is 4.52 Å². The monoisotopic (exact) mass is 364 g/mol. The Balaban J connectivity index is 1.89. The fourth-order valence-corrected chi connectivity index (χ4v) is 4.31. The van der Waals surface area contributed by atoms with Gasteiger partial charge in [-0.1, -0.05) is 37.2 Å². The number of aromatic amines is 1. The highest BCUT2D eigenvalue weighted by atomic mass is 32.2. The molecule has 3 aromatic rings. The fraction of sp³-hybridized carbons (Fsp3) is 0.500. The summed E-state index contributed by atoms with van der Waals surface area (Å²) in [6.07, 6.45) is 2.02. The summed E-state index contributed by atoms with van der Waals surface area (Å²) in [5.41, 5.74) is 1.08. The van der Waals surface area contributed by atoms with Crippen LogP contribution in [-0.2, 0) is 12.2 Å². The molecular formula is C16H20N4O2S2. The number of nitrogens with one attached hydrogen (secondary N) is 1. The molecule has 0 radical (unpaired) electrons. The normalized spacial score (nSPS) is 12.8. The number of nitrogens with zero attached hydrogens (tertiary/aromatic N) is 3. The number of aryl methyl sites for hydroxylation is 2. The van der Waals surface area contributed by atoms with E-state index in [1.165, 1.54) is 16.6 Å². The van der Waals surface area contributed by atoms with E-state index in [1.54, 1.807) is 18.3 Å². The quantitative estimate of drug-likeness (QED) is 0.528. The minimum atomic E-state index is -0.0607. The van der Waals surface area contributed by atoms with Crippen molar-refractivity contribution >= 4 is 33.3 Å². The number of aromatic nitrogens is 4. The fourth-order valence-electron chi connectivity index (χ4n) is 2.50. The summed E-state index contributed by atoms with van der Waals surface area (Å²) in [4.78, 5) is 26.2. The Kier molecular flexibility index (Phi) is 5.05. The van der Waals surface area contributed by atoms with E-state index in [9.17, 15) is 4.79 Å². The van der Waals surface area contributed by atoms with Crippen molar-refractivity contribution in [2.24, 2.45) is 5.92 Å². The summed E-state index contributed by atoms with van der Waals surface area (Å²) in [6.45, 7) is 8.20. The minimum Gasteiger partial charge on any atom is -0.340 e. The molecule has 0 amide bonds. The Morgan fingerprint density at radius 3 is 2.79 bits per heavy atom. The molecule has 1 atom stereocenters. The zero-order chi connectivity index (χ0) is 17.3. The lowest BCUT2D eigenvalue weighted by Crippen LogP contribution is -2.11. The van der Waals surface area contributed by atoms with Gasteiger partial charge in [0.2, 0.25) is 5.89 Å². The maximum absolute atomic E-state index is 12.6. The molecule has 0 aliphatic rings. The van der Waals surface area contributed by atoms with Crippen molar-refractivity contribution in [1.29, 1.82) is 0 Å². The van der Waals surface area contributed by atoms with Crippen LogP contribution in [-0.4, -0.2) is 20.1 Å². The number of thioether (sulfide) groups is 1. The summed E-state index contributed by atoms with van der Waals surface area (Å²) < 4.78 is 4.95. The average molecular weight is 364 g/mol. The van der Waals surface area contributed by atoms with Gasteiger partial charge in [0, 0.05) is 11.8 Å². The van der Waals surface area contributed by atoms with Crippen molar-refractivity contribution in [1.82, 2.24) is 20.1 Å². The largest absolute Gasteiger partial charge is 0.340 e. The average Bonchev–Trinajstić information content (AvgIpc) is 3.09. The van der Waals surface area contributed by atoms with E-state index in [0.29, 0.717) is 28.5 Å². The highest BCUT2D eigenvalue weighted by Crippen LogP contribution is 2.30. The topological polar surface area (TPSA) is 84.7 Å². The van der Waals surface area contributed by atoms with Gasteiger partial charge in [-0.05, 0) is 24.8 Å². The van der Waals surface area contributed by atoms with Gasteiger partial charge in [0.25, 0.3) is 5.56 Å². The van der Waals surface area contributed by atoms with Crippen LogP contribution in [0, 0.1) is 19.8 Å². The molecule has 1 unspecified atom stereocenters. The standard InChI is InChI=1S/C16H20N4O2S2/c1-5-8(2)6-11-9(3)24-15-13(11)14(21)18-16(19-15)23-7-12-17-10(4)22-20-12/h8H,5-7H2,1-4H3,(H,18,19,21). The van der Waals surface area contributed by atoms with Gasteiger partial charge in [-0.3, -0.25) is 4.79 Å². The first-order chi connectivity index (χ1) is 11.5. The second-order valence-electron chi connectivity index (χ2n) is 5.92. The molecule has 0 spiro atoms. The van der Waals surface area contributed by atoms with Gasteiger partial charge >= 0.3 is 0 Å². The maximum Gasteiger partial charge on any atom is 0.260 e. The molecular weight excluding hydrogens is 344 g/mol. The molecule has 0 aliphatic carbocycles. The number of thiophene rings is 1. The van der Waals surface area contributed by atoms with Gasteiger partial charge in [-0.2, -0.15) is 4.98 Å². The van der Waals surface area contributed by atoms with Gasteiger partial charge in [0.15, 0.2) is 11.0 Å². The van der Waals surface area contributed by atoms with E-state index in [0.717, 1.165) is 28.6 Å². The van der Waals surface area contributed by atoms with E-state index in [4.69, 9.17) is 4.52 Å². The zero-order valence-electron chi connectivity index (χ0n) is 14.2. The highest BCUT2D eigenvalue weighted by Gasteiger charge is 2.17. The van der Waals surface area contributed by atoms with Crippen LogP contribution < -0.4 is 5.56 Å². The van der Waals surface area contributed by atoms with E-state index in [1.807, 2.05) is 0 Å². The maximum atomic E-state index is 12.6. The third-order valence-corrected chi connectivity index (χ3v) is 5.91. The van der Waals surface area contributed by atoms with Crippen LogP contribution in [0.5, 0.6) is 0 Å². The van der Waals surface area contributed by atoms with Crippen molar-refractivity contribution in [3.63, 3.8) is 0 Å². The summed E-state index contributed by atoms with van der Waals surface area (Å²) in [5, 5.41) is 5.19. The third-order valence-electron chi connectivity index (χ3n) is 4.00. The third kappa shape index (κ3) is 3.54. The van der Waals surface area contributed by atoms with Crippen molar-refractivity contribution in [3.8, 4) is 0 Å². The molecule has 0 aliphatic heterocycles. The summed E-state index contributed by atoms with van der Waals surface area (Å²) >= 11 is 3.00. The van der Waals surface area contributed by atoms with Gasteiger partial charge in [0.05, 0.1) is 11.1 Å². The van der Waals surface area contributed by atoms with Gasteiger partial charge in [-0.15, -0.1) is 11.3 Å². The van der Waals surface area contributed by atoms with Crippen LogP contribution in [0.3, 0.4) is 0 Å². The van der Waals surface area contributed by atoms with Crippen molar-refractivity contribution in [2.45, 2.75) is 51.4 Å². The summed E-state index contributed by atoms with van der Waals surface area (Å²) in [5.74, 6) is 2.19. The van der Waals surface area contributed by atoms with E-state index in [-0.39, 0.29) is 5.56 Å². The number of hydrogen-bond donors (Lipinski definition) is 1.